The number of benzene rings is 6. The summed E-state index contributed by atoms with van der Waals surface area (Å²) in [5.41, 5.74) is 5.07. The van der Waals surface area contributed by atoms with E-state index in [4.69, 9.17) is 14.2 Å². The Hall–Kier alpha value is -5.28. The first-order valence-electron chi connectivity index (χ1n) is 13.9. The van der Waals surface area contributed by atoms with E-state index in [1.54, 1.807) is 14.2 Å². The van der Waals surface area contributed by atoms with E-state index in [-0.39, 0.29) is 0 Å². The van der Waals surface area contributed by atoms with Crippen LogP contribution in [0.1, 0.15) is 16.7 Å². The summed E-state index contributed by atoms with van der Waals surface area (Å²) in [6, 6.07) is 33.3. The van der Waals surface area contributed by atoms with Crippen LogP contribution in [-0.2, 0) is 0 Å². The van der Waals surface area contributed by atoms with Gasteiger partial charge >= 0.3 is 0 Å². The molecule has 0 unspecified atom stereocenters. The third-order valence-electron chi connectivity index (χ3n) is 7.72. The van der Waals surface area contributed by atoms with E-state index in [0.717, 1.165) is 77.4 Å². The van der Waals surface area contributed by atoms with Crippen LogP contribution in [0.4, 0.5) is 0 Å². The normalized spacial score (nSPS) is 11.3. The summed E-state index contributed by atoms with van der Waals surface area (Å²) in [4.78, 5) is 0. The predicted octanol–water partition coefficient (Wildman–Crippen LogP) is 10.2. The van der Waals surface area contributed by atoms with Crippen molar-refractivity contribution in [2.45, 2.75) is 0 Å². The number of ether oxygens (including phenoxy) is 3. The predicted molar refractivity (Wildman–Crippen MR) is 179 cm³/mol. The van der Waals surface area contributed by atoms with Crippen molar-refractivity contribution in [3.63, 3.8) is 0 Å². The van der Waals surface area contributed by atoms with Gasteiger partial charge in [-0.3, -0.25) is 0 Å². The fraction of sp³-hybridized carbons (Fsp3) is 0.0769. The molecule has 0 spiro atoms. The molecule has 206 valence electrons. The third-order valence-corrected chi connectivity index (χ3v) is 7.72. The topological polar surface area (TPSA) is 27.7 Å². The zero-order valence-corrected chi connectivity index (χ0v) is 23.9. The molecule has 3 nitrogen and oxygen atoms in total. The van der Waals surface area contributed by atoms with E-state index in [9.17, 15) is 0 Å². The van der Waals surface area contributed by atoms with Gasteiger partial charge in [0.25, 0.3) is 0 Å². The van der Waals surface area contributed by atoms with Gasteiger partial charge in [-0.2, -0.15) is 0 Å². The summed E-state index contributed by atoms with van der Waals surface area (Å²) in [6.07, 6.45) is 7.87. The van der Waals surface area contributed by atoms with Crippen molar-refractivity contribution in [2.24, 2.45) is 0 Å². The van der Waals surface area contributed by atoms with Gasteiger partial charge in [0, 0.05) is 21.9 Å². The van der Waals surface area contributed by atoms with Crippen LogP contribution in [0.5, 0.6) is 17.2 Å². The minimum atomic E-state index is 0.433. The van der Waals surface area contributed by atoms with Crippen molar-refractivity contribution in [1.29, 1.82) is 0 Å². The number of hydrogen-bond acceptors (Lipinski definition) is 3. The Bertz CT molecular complexity index is 2000. The molecule has 6 aromatic rings. The van der Waals surface area contributed by atoms with Crippen molar-refractivity contribution >= 4 is 50.5 Å². The Morgan fingerprint density at radius 3 is 2.14 bits per heavy atom. The second-order valence-corrected chi connectivity index (χ2v) is 10.0. The largest absolute Gasteiger partial charge is 0.495 e. The van der Waals surface area contributed by atoms with Gasteiger partial charge in [0.1, 0.15) is 23.9 Å². The maximum absolute atomic E-state index is 6.13. The molecular formula is C39H32O3. The number of fused-ring (bicyclic) bond motifs is 3. The second-order valence-electron chi connectivity index (χ2n) is 10.0. The lowest BCUT2D eigenvalue weighted by atomic mass is 9.91. The van der Waals surface area contributed by atoms with E-state index < -0.39 is 0 Å². The molecule has 0 saturated carbocycles. The molecule has 0 saturated heterocycles. The molecule has 42 heavy (non-hydrogen) atoms. The highest BCUT2D eigenvalue weighted by atomic mass is 16.5. The molecule has 0 fully saturated rings. The summed E-state index contributed by atoms with van der Waals surface area (Å²) < 4.78 is 18.1. The monoisotopic (exact) mass is 548 g/mol. The highest BCUT2D eigenvalue weighted by Crippen LogP contribution is 2.45. The lowest BCUT2D eigenvalue weighted by Gasteiger charge is -2.19. The maximum Gasteiger partial charge on any atom is 0.135 e. The molecule has 0 N–H and O–H groups in total. The molecule has 0 radical (unpaired) electrons. The third kappa shape index (κ3) is 4.80. The molecule has 0 atom stereocenters. The first-order chi connectivity index (χ1) is 20.7. The summed E-state index contributed by atoms with van der Waals surface area (Å²) in [5, 5.41) is 6.57. The van der Waals surface area contributed by atoms with Crippen molar-refractivity contribution in [2.75, 3.05) is 20.8 Å². The molecular weight excluding hydrogens is 516 g/mol. The zero-order valence-electron chi connectivity index (χ0n) is 23.9. The Balaban J connectivity index is 1.38. The van der Waals surface area contributed by atoms with Gasteiger partial charge in [0.15, 0.2) is 0 Å². The number of methoxy groups -OCH3 is 2. The standard InChI is InChI=1S/C39H32O3/c1-5-26-13-9-14-27-19-21-31(25-35(26)27)42-23-11-17-28-15-10-16-29-20-22-34(39(41-4)37(28)29)36-24-30-12-7-8-18-33(30)38(40-3)32(36)6-2/h5-22,24-25H,1-2,23H2,3-4H3/b17-11-. The van der Waals surface area contributed by atoms with E-state index in [1.807, 2.05) is 42.5 Å². The van der Waals surface area contributed by atoms with Crippen LogP contribution >= 0.6 is 0 Å². The van der Waals surface area contributed by atoms with E-state index in [2.05, 4.69) is 92.0 Å². The van der Waals surface area contributed by atoms with Crippen LogP contribution in [-0.4, -0.2) is 20.8 Å². The fourth-order valence-corrected chi connectivity index (χ4v) is 5.78. The number of rotatable bonds is 9. The molecule has 6 aromatic carbocycles. The molecule has 3 heteroatoms. The SMILES string of the molecule is C=Cc1c(-c2ccc3cccc(/C=C\COc4ccc5cccc(C=C)c5c4)c3c2OC)cc2ccccc2c1OC. The minimum Gasteiger partial charge on any atom is -0.495 e. The van der Waals surface area contributed by atoms with E-state index in [1.165, 1.54) is 0 Å². The van der Waals surface area contributed by atoms with Crippen LogP contribution in [0.15, 0.2) is 116 Å². The molecule has 0 aliphatic carbocycles. The van der Waals surface area contributed by atoms with Gasteiger partial charge in [-0.25, -0.2) is 0 Å². The maximum atomic E-state index is 6.13. The molecule has 0 amide bonds. The molecule has 0 bridgehead atoms. The second kappa shape index (κ2) is 11.7. The van der Waals surface area contributed by atoms with Crippen molar-refractivity contribution in [3.8, 4) is 28.4 Å². The van der Waals surface area contributed by atoms with Gasteiger partial charge in [-0.15, -0.1) is 0 Å². The average Bonchev–Trinajstić information content (AvgIpc) is 3.04. The van der Waals surface area contributed by atoms with Crippen molar-refractivity contribution in [3.05, 3.63) is 133 Å². The van der Waals surface area contributed by atoms with Crippen LogP contribution in [0.2, 0.25) is 0 Å². The molecule has 0 aromatic heterocycles. The fourth-order valence-electron chi connectivity index (χ4n) is 5.78. The smallest absolute Gasteiger partial charge is 0.135 e. The zero-order chi connectivity index (χ0) is 29.1. The van der Waals surface area contributed by atoms with Gasteiger partial charge in [-0.1, -0.05) is 104 Å². The van der Waals surface area contributed by atoms with Gasteiger partial charge in [-0.05, 0) is 68.6 Å². The van der Waals surface area contributed by atoms with Crippen molar-refractivity contribution in [1.82, 2.24) is 0 Å². The summed E-state index contributed by atoms with van der Waals surface area (Å²) >= 11 is 0. The minimum absolute atomic E-state index is 0.433. The quantitative estimate of drug-likeness (QED) is 0.180. The first-order valence-corrected chi connectivity index (χ1v) is 13.9. The summed E-state index contributed by atoms with van der Waals surface area (Å²) in [7, 11) is 3.43. The van der Waals surface area contributed by atoms with Gasteiger partial charge < -0.3 is 14.2 Å². The lowest BCUT2D eigenvalue weighted by molar-refractivity contribution is 0.364. The summed E-state index contributed by atoms with van der Waals surface area (Å²) in [5.74, 6) is 2.43. The van der Waals surface area contributed by atoms with Crippen LogP contribution in [0.3, 0.4) is 0 Å². The average molecular weight is 549 g/mol. The van der Waals surface area contributed by atoms with Gasteiger partial charge in [0.2, 0.25) is 0 Å². The lowest BCUT2D eigenvalue weighted by Crippen LogP contribution is -1.97. The Morgan fingerprint density at radius 2 is 1.36 bits per heavy atom. The van der Waals surface area contributed by atoms with Gasteiger partial charge in [0.05, 0.1) is 14.2 Å². The molecule has 0 heterocycles. The van der Waals surface area contributed by atoms with E-state index >= 15 is 0 Å². The Morgan fingerprint density at radius 1 is 0.619 bits per heavy atom. The molecule has 0 aliphatic heterocycles. The Kier molecular flexibility index (Phi) is 7.49. The Labute approximate surface area is 246 Å². The van der Waals surface area contributed by atoms with Crippen molar-refractivity contribution < 1.29 is 14.2 Å². The number of hydrogen-bond donors (Lipinski definition) is 0. The molecule has 0 aliphatic rings. The highest BCUT2D eigenvalue weighted by molar-refractivity contribution is 6.04. The van der Waals surface area contributed by atoms with E-state index in [0.29, 0.717) is 6.61 Å². The molecule has 6 rings (SSSR count). The van der Waals surface area contributed by atoms with Crippen LogP contribution in [0, 0.1) is 0 Å². The van der Waals surface area contributed by atoms with Crippen LogP contribution < -0.4 is 14.2 Å². The summed E-state index contributed by atoms with van der Waals surface area (Å²) in [6.45, 7) is 8.49. The van der Waals surface area contributed by atoms with Crippen LogP contribution in [0.25, 0.3) is 61.7 Å². The highest BCUT2D eigenvalue weighted by Gasteiger charge is 2.19. The first kappa shape index (κ1) is 26.9.